The van der Waals surface area contributed by atoms with Crippen molar-refractivity contribution in [1.29, 1.82) is 0 Å². The molecule has 0 atom stereocenters. The summed E-state index contributed by atoms with van der Waals surface area (Å²) < 4.78 is 5.89. The molecule has 0 saturated carbocycles. The Labute approximate surface area is 183 Å². The van der Waals surface area contributed by atoms with Crippen molar-refractivity contribution in [2.45, 2.75) is 10.9 Å². The fraction of sp³-hybridized carbons (Fsp3) is 0.0500. The predicted octanol–water partition coefficient (Wildman–Crippen LogP) is 5.35. The van der Waals surface area contributed by atoms with Crippen molar-refractivity contribution in [2.75, 3.05) is 5.32 Å². The lowest BCUT2D eigenvalue weighted by molar-refractivity contribution is 0.0997. The molecule has 30 heavy (non-hydrogen) atoms. The largest absolute Gasteiger partial charge is 0.451 e. The van der Waals surface area contributed by atoms with E-state index in [9.17, 15) is 4.79 Å². The third-order valence-electron chi connectivity index (χ3n) is 4.21. The normalized spacial score (nSPS) is 11.1. The molecule has 0 unspecified atom stereocenters. The summed E-state index contributed by atoms with van der Waals surface area (Å²) in [5, 5.41) is 17.7. The molecule has 5 aromatic rings. The van der Waals surface area contributed by atoms with Crippen molar-refractivity contribution in [1.82, 2.24) is 20.2 Å². The molecule has 0 bridgehead atoms. The Morgan fingerprint density at radius 2 is 1.97 bits per heavy atom. The lowest BCUT2D eigenvalue weighted by atomic mass is 10.1. The summed E-state index contributed by atoms with van der Waals surface area (Å²) in [6, 6.07) is 11.3. The number of fused-ring (bicyclic) bond motifs is 1. The highest BCUT2D eigenvalue weighted by Crippen LogP contribution is 2.32. The highest BCUT2D eigenvalue weighted by Gasteiger charge is 2.22. The Morgan fingerprint density at radius 3 is 2.80 bits per heavy atom. The highest BCUT2D eigenvalue weighted by molar-refractivity contribution is 7.98. The number of furan rings is 1. The number of hydrogen-bond acceptors (Lipinski definition) is 9. The van der Waals surface area contributed by atoms with Crippen LogP contribution in [-0.2, 0) is 5.75 Å². The highest BCUT2D eigenvalue weighted by atomic mass is 32.2. The van der Waals surface area contributed by atoms with Gasteiger partial charge in [0.15, 0.2) is 10.9 Å². The van der Waals surface area contributed by atoms with Crippen LogP contribution in [-0.4, -0.2) is 26.1 Å². The number of thioether (sulfide) groups is 1. The second kappa shape index (κ2) is 8.34. The second-order valence-electron chi connectivity index (χ2n) is 6.10. The maximum atomic E-state index is 13.0. The van der Waals surface area contributed by atoms with Crippen molar-refractivity contribution in [3.8, 4) is 10.6 Å². The van der Waals surface area contributed by atoms with E-state index in [1.54, 1.807) is 29.8 Å². The summed E-state index contributed by atoms with van der Waals surface area (Å²) in [7, 11) is 0. The molecule has 0 aliphatic carbocycles. The molecular formula is C20H13N5O2S3. The first-order valence-electron chi connectivity index (χ1n) is 8.85. The molecule has 10 heteroatoms. The van der Waals surface area contributed by atoms with E-state index in [1.165, 1.54) is 23.1 Å². The number of hydrogen-bond donors (Lipinski definition) is 1. The van der Waals surface area contributed by atoms with Crippen molar-refractivity contribution in [3.05, 3.63) is 70.9 Å². The van der Waals surface area contributed by atoms with Crippen LogP contribution in [0.3, 0.4) is 0 Å². The molecule has 0 radical (unpaired) electrons. The molecule has 4 aromatic heterocycles. The number of amides is 1. The first kappa shape index (κ1) is 18.9. The van der Waals surface area contributed by atoms with E-state index in [1.807, 2.05) is 41.1 Å². The molecule has 1 N–H and O–H groups in total. The zero-order valence-electron chi connectivity index (χ0n) is 15.3. The summed E-state index contributed by atoms with van der Waals surface area (Å²) in [5.74, 6) is 0.399. The van der Waals surface area contributed by atoms with Gasteiger partial charge in [0.25, 0.3) is 5.91 Å². The quantitative estimate of drug-likeness (QED) is 0.275. The first-order chi connectivity index (χ1) is 14.8. The molecule has 0 aliphatic heterocycles. The average Bonchev–Trinajstić information content (AvgIpc) is 3.52. The summed E-state index contributed by atoms with van der Waals surface area (Å²) in [6.07, 6.45) is 3.38. The average molecular weight is 452 g/mol. The summed E-state index contributed by atoms with van der Waals surface area (Å²) >= 11 is 4.36. The molecule has 148 valence electrons. The fourth-order valence-corrected chi connectivity index (χ4v) is 5.13. The smallest absolute Gasteiger partial charge is 0.293 e. The van der Waals surface area contributed by atoms with E-state index in [4.69, 9.17) is 4.42 Å². The van der Waals surface area contributed by atoms with Crippen molar-refractivity contribution >= 4 is 56.4 Å². The van der Waals surface area contributed by atoms with Gasteiger partial charge in [-0.3, -0.25) is 10.1 Å². The number of aromatic nitrogens is 4. The third-order valence-corrected chi connectivity index (χ3v) is 6.68. The number of benzene rings is 1. The third kappa shape index (κ3) is 3.84. The van der Waals surface area contributed by atoms with Gasteiger partial charge in [-0.15, -0.1) is 10.2 Å². The number of para-hydroxylation sites is 1. The second-order valence-corrected chi connectivity index (χ2v) is 8.80. The van der Waals surface area contributed by atoms with E-state index in [2.05, 4.69) is 25.5 Å². The molecule has 4 heterocycles. The number of nitrogens with one attached hydrogen (secondary N) is 1. The standard InChI is InChI=1S/C20H13N5O2S3/c26-17(23-20-25-24-18(30-20)12-6-9-28-10-12)16-14(11-29-19-21-7-3-8-22-19)13-4-1-2-5-15(13)27-16/h1-10H,11H2,(H,23,25,26). The molecular weight excluding hydrogens is 438 g/mol. The summed E-state index contributed by atoms with van der Waals surface area (Å²) in [6.45, 7) is 0. The zero-order chi connectivity index (χ0) is 20.3. The maximum Gasteiger partial charge on any atom is 0.293 e. The molecule has 7 nitrogen and oxygen atoms in total. The molecule has 5 rings (SSSR count). The van der Waals surface area contributed by atoms with Gasteiger partial charge in [0.2, 0.25) is 5.13 Å². The van der Waals surface area contributed by atoms with Gasteiger partial charge in [-0.1, -0.05) is 41.3 Å². The number of nitrogens with zero attached hydrogens (tertiary/aromatic N) is 4. The molecule has 0 fully saturated rings. The van der Waals surface area contributed by atoms with Gasteiger partial charge < -0.3 is 4.42 Å². The van der Waals surface area contributed by atoms with Crippen LogP contribution in [0.15, 0.2) is 69.1 Å². The van der Waals surface area contributed by atoms with E-state index in [-0.39, 0.29) is 11.7 Å². The van der Waals surface area contributed by atoms with Crippen LogP contribution in [0.25, 0.3) is 21.5 Å². The topological polar surface area (TPSA) is 93.8 Å². The Balaban J connectivity index is 1.42. The van der Waals surface area contributed by atoms with E-state index in [0.717, 1.165) is 21.5 Å². The summed E-state index contributed by atoms with van der Waals surface area (Å²) in [5.41, 5.74) is 2.44. The van der Waals surface area contributed by atoms with Crippen LogP contribution in [0, 0.1) is 0 Å². The van der Waals surface area contributed by atoms with Crippen LogP contribution < -0.4 is 5.32 Å². The van der Waals surface area contributed by atoms with Crippen LogP contribution in [0.5, 0.6) is 0 Å². The zero-order valence-corrected chi connectivity index (χ0v) is 17.8. The van der Waals surface area contributed by atoms with Gasteiger partial charge in [-0.2, -0.15) is 11.3 Å². The monoisotopic (exact) mass is 451 g/mol. The molecule has 1 amide bonds. The van der Waals surface area contributed by atoms with Gasteiger partial charge >= 0.3 is 0 Å². The van der Waals surface area contributed by atoms with Crippen molar-refractivity contribution in [3.63, 3.8) is 0 Å². The van der Waals surface area contributed by atoms with Gasteiger partial charge in [-0.05, 0) is 23.6 Å². The Morgan fingerprint density at radius 1 is 1.10 bits per heavy atom. The molecule has 0 aliphatic rings. The first-order valence-corrected chi connectivity index (χ1v) is 11.6. The number of rotatable bonds is 6. The number of carbonyl (C=O) groups is 1. The van der Waals surface area contributed by atoms with Gasteiger partial charge in [0.05, 0.1) is 0 Å². The van der Waals surface area contributed by atoms with Crippen molar-refractivity contribution in [2.24, 2.45) is 0 Å². The number of anilines is 1. The van der Waals surface area contributed by atoms with E-state index < -0.39 is 0 Å². The SMILES string of the molecule is O=C(Nc1nnc(-c2ccsc2)s1)c1oc2ccccc2c1CSc1ncccn1. The predicted molar refractivity (Wildman–Crippen MR) is 119 cm³/mol. The minimum Gasteiger partial charge on any atom is -0.451 e. The van der Waals surface area contributed by atoms with Crippen LogP contribution in [0.1, 0.15) is 16.1 Å². The van der Waals surface area contributed by atoms with Gasteiger partial charge in [-0.25, -0.2) is 9.97 Å². The molecule has 1 aromatic carbocycles. The number of carbonyl (C=O) groups excluding carboxylic acids is 1. The van der Waals surface area contributed by atoms with Crippen LogP contribution >= 0.6 is 34.4 Å². The fourth-order valence-electron chi connectivity index (χ4n) is 2.85. The maximum absolute atomic E-state index is 13.0. The lowest BCUT2D eigenvalue weighted by Crippen LogP contribution is -2.12. The van der Waals surface area contributed by atoms with Gasteiger partial charge in [0.1, 0.15) is 10.6 Å². The van der Waals surface area contributed by atoms with Crippen LogP contribution in [0.2, 0.25) is 0 Å². The summed E-state index contributed by atoms with van der Waals surface area (Å²) in [4.78, 5) is 21.5. The minimum absolute atomic E-state index is 0.256. The minimum atomic E-state index is -0.358. The van der Waals surface area contributed by atoms with Crippen molar-refractivity contribution < 1.29 is 9.21 Å². The lowest BCUT2D eigenvalue weighted by Gasteiger charge is -2.03. The van der Waals surface area contributed by atoms with E-state index in [0.29, 0.717) is 21.6 Å². The molecule has 0 saturated heterocycles. The Hall–Kier alpha value is -3.08. The van der Waals surface area contributed by atoms with Crippen LogP contribution in [0.4, 0.5) is 5.13 Å². The molecule has 0 spiro atoms. The Kier molecular flexibility index (Phi) is 5.26. The number of thiophene rings is 1. The van der Waals surface area contributed by atoms with Gasteiger partial charge in [0, 0.05) is 40.0 Å². The van der Waals surface area contributed by atoms with E-state index >= 15 is 0 Å². The Bertz CT molecular complexity index is 1300.